The molecule has 0 aliphatic carbocycles. The standard InChI is InChI=1S/C29H25ClOS/c1-22(31)20-28(23-12-11-19-27(30)21-23)32-29(24-13-5-2-6-14-24,25-15-7-3-8-16-25)26-17-9-4-10-18-26/h2-19,21,28H,20H2,1H3. The normalized spacial score (nSPS) is 12.3. The summed E-state index contributed by atoms with van der Waals surface area (Å²) in [7, 11) is 0. The first-order valence-electron chi connectivity index (χ1n) is 10.7. The summed E-state index contributed by atoms with van der Waals surface area (Å²) in [4.78, 5) is 12.4. The monoisotopic (exact) mass is 456 g/mol. The molecular weight excluding hydrogens is 432 g/mol. The Morgan fingerprint density at radius 2 is 1.22 bits per heavy atom. The molecule has 3 heteroatoms. The maximum atomic E-state index is 12.4. The van der Waals surface area contributed by atoms with Crippen molar-refractivity contribution in [2.75, 3.05) is 0 Å². The van der Waals surface area contributed by atoms with Gasteiger partial charge in [-0.25, -0.2) is 0 Å². The third-order valence-electron chi connectivity index (χ3n) is 5.55. The lowest BCUT2D eigenvalue weighted by atomic mass is 9.84. The molecule has 0 spiro atoms. The van der Waals surface area contributed by atoms with E-state index in [9.17, 15) is 4.79 Å². The number of thioether (sulfide) groups is 1. The van der Waals surface area contributed by atoms with Crippen molar-refractivity contribution in [2.45, 2.75) is 23.3 Å². The number of benzene rings is 4. The second-order valence-corrected chi connectivity index (χ2v) is 9.70. The number of carbonyl (C=O) groups is 1. The zero-order valence-electron chi connectivity index (χ0n) is 17.9. The average Bonchev–Trinajstić information content (AvgIpc) is 2.83. The van der Waals surface area contributed by atoms with Gasteiger partial charge in [-0.2, -0.15) is 0 Å². The van der Waals surface area contributed by atoms with Gasteiger partial charge in [-0.05, 0) is 41.3 Å². The van der Waals surface area contributed by atoms with Crippen LogP contribution in [0.4, 0.5) is 0 Å². The molecule has 0 radical (unpaired) electrons. The third kappa shape index (κ3) is 4.82. The summed E-state index contributed by atoms with van der Waals surface area (Å²) in [5, 5.41) is 0.619. The minimum atomic E-state index is -0.494. The van der Waals surface area contributed by atoms with E-state index in [2.05, 4.69) is 78.9 Å². The van der Waals surface area contributed by atoms with E-state index in [-0.39, 0.29) is 11.0 Å². The first kappa shape index (κ1) is 22.4. The van der Waals surface area contributed by atoms with Gasteiger partial charge in [0.15, 0.2) is 0 Å². The lowest BCUT2D eigenvalue weighted by Crippen LogP contribution is -2.27. The Kier molecular flexibility index (Phi) is 7.14. The molecule has 0 aliphatic rings. The van der Waals surface area contributed by atoms with E-state index in [1.54, 1.807) is 6.92 Å². The van der Waals surface area contributed by atoms with Gasteiger partial charge in [-0.1, -0.05) is 115 Å². The molecule has 0 fully saturated rings. The molecule has 1 unspecified atom stereocenters. The van der Waals surface area contributed by atoms with Crippen LogP contribution in [0.15, 0.2) is 115 Å². The molecule has 0 aromatic heterocycles. The van der Waals surface area contributed by atoms with Gasteiger partial charge in [-0.3, -0.25) is 4.79 Å². The Labute approximate surface area is 199 Å². The van der Waals surface area contributed by atoms with E-state index in [0.29, 0.717) is 11.4 Å². The number of hydrogen-bond donors (Lipinski definition) is 0. The van der Waals surface area contributed by atoms with Crippen LogP contribution < -0.4 is 0 Å². The fraction of sp³-hybridized carbons (Fsp3) is 0.138. The molecule has 0 N–H and O–H groups in total. The van der Waals surface area contributed by atoms with Crippen LogP contribution >= 0.6 is 23.4 Å². The van der Waals surface area contributed by atoms with Crippen molar-refractivity contribution in [3.05, 3.63) is 143 Å². The van der Waals surface area contributed by atoms with Crippen LogP contribution in [-0.4, -0.2) is 5.78 Å². The summed E-state index contributed by atoms with van der Waals surface area (Å²) in [5.74, 6) is 0.158. The van der Waals surface area contributed by atoms with Crippen molar-refractivity contribution >= 4 is 29.1 Å². The molecule has 0 saturated heterocycles. The van der Waals surface area contributed by atoms with Gasteiger partial charge >= 0.3 is 0 Å². The fourth-order valence-electron chi connectivity index (χ4n) is 4.13. The van der Waals surface area contributed by atoms with Crippen LogP contribution in [0.5, 0.6) is 0 Å². The predicted octanol–water partition coefficient (Wildman–Crippen LogP) is 8.09. The lowest BCUT2D eigenvalue weighted by Gasteiger charge is -2.38. The minimum absolute atomic E-state index is 0.0631. The topological polar surface area (TPSA) is 17.1 Å². The zero-order chi connectivity index (χ0) is 22.4. The highest BCUT2D eigenvalue weighted by Crippen LogP contribution is 2.55. The fourth-order valence-corrected chi connectivity index (χ4v) is 6.17. The van der Waals surface area contributed by atoms with Crippen LogP contribution in [0, 0.1) is 0 Å². The first-order chi connectivity index (χ1) is 15.6. The molecular formula is C29H25ClOS. The van der Waals surface area contributed by atoms with Crippen LogP contribution in [0.25, 0.3) is 0 Å². The van der Waals surface area contributed by atoms with Crippen LogP contribution in [0.3, 0.4) is 0 Å². The second-order valence-electron chi connectivity index (χ2n) is 7.85. The SMILES string of the molecule is CC(=O)CC(SC(c1ccccc1)(c1ccccc1)c1ccccc1)c1cccc(Cl)c1. The average molecular weight is 457 g/mol. The predicted molar refractivity (Wildman–Crippen MR) is 136 cm³/mol. The molecule has 1 atom stereocenters. The Bertz CT molecular complexity index is 1060. The Morgan fingerprint density at radius 3 is 1.62 bits per heavy atom. The van der Waals surface area contributed by atoms with Crippen molar-refractivity contribution in [3.63, 3.8) is 0 Å². The molecule has 0 bridgehead atoms. The molecule has 32 heavy (non-hydrogen) atoms. The van der Waals surface area contributed by atoms with Crippen molar-refractivity contribution in [1.29, 1.82) is 0 Å². The van der Waals surface area contributed by atoms with E-state index in [1.165, 1.54) is 16.7 Å². The number of hydrogen-bond acceptors (Lipinski definition) is 2. The molecule has 160 valence electrons. The zero-order valence-corrected chi connectivity index (χ0v) is 19.5. The van der Waals surface area contributed by atoms with Crippen molar-refractivity contribution in [3.8, 4) is 0 Å². The molecule has 0 amide bonds. The van der Waals surface area contributed by atoms with E-state index in [4.69, 9.17) is 11.6 Å². The molecule has 0 aliphatic heterocycles. The molecule has 0 saturated carbocycles. The largest absolute Gasteiger partial charge is 0.300 e. The molecule has 4 rings (SSSR count). The highest BCUT2D eigenvalue weighted by molar-refractivity contribution is 8.00. The van der Waals surface area contributed by atoms with E-state index in [0.717, 1.165) is 5.56 Å². The van der Waals surface area contributed by atoms with Gasteiger partial charge in [0, 0.05) is 16.7 Å². The van der Waals surface area contributed by atoms with E-state index < -0.39 is 4.75 Å². The lowest BCUT2D eigenvalue weighted by molar-refractivity contribution is -0.117. The summed E-state index contributed by atoms with van der Waals surface area (Å²) < 4.78 is -0.494. The van der Waals surface area contributed by atoms with Gasteiger partial charge in [0.25, 0.3) is 0 Å². The Morgan fingerprint density at radius 1 is 0.750 bits per heavy atom. The minimum Gasteiger partial charge on any atom is -0.300 e. The van der Waals surface area contributed by atoms with Gasteiger partial charge < -0.3 is 0 Å². The van der Waals surface area contributed by atoms with E-state index in [1.807, 2.05) is 48.2 Å². The first-order valence-corrected chi connectivity index (χ1v) is 11.9. The van der Waals surface area contributed by atoms with Crippen molar-refractivity contribution in [2.24, 2.45) is 0 Å². The summed E-state index contributed by atoms with van der Waals surface area (Å²) in [6, 6.07) is 39.5. The highest BCUT2D eigenvalue weighted by atomic mass is 35.5. The Hall–Kier alpha value is -2.81. The number of Topliss-reactive ketones (excluding diaryl/α,β-unsaturated/α-hetero) is 1. The molecule has 0 heterocycles. The summed E-state index contributed by atoms with van der Waals surface area (Å²) in [6.07, 6.45) is 0.430. The number of ketones is 1. The third-order valence-corrected chi connectivity index (χ3v) is 7.57. The summed E-state index contributed by atoms with van der Waals surface area (Å²) >= 11 is 8.16. The van der Waals surface area contributed by atoms with Gasteiger partial charge in [0.05, 0.1) is 4.75 Å². The maximum Gasteiger partial charge on any atom is 0.131 e. The quantitative estimate of drug-likeness (QED) is 0.249. The smallest absolute Gasteiger partial charge is 0.131 e. The molecule has 4 aromatic rings. The molecule has 1 nitrogen and oxygen atoms in total. The van der Waals surface area contributed by atoms with Crippen molar-refractivity contribution < 1.29 is 4.79 Å². The van der Waals surface area contributed by atoms with Crippen LogP contribution in [-0.2, 0) is 9.54 Å². The molecule has 4 aromatic carbocycles. The maximum absolute atomic E-state index is 12.4. The Balaban J connectivity index is 1.96. The van der Waals surface area contributed by atoms with Gasteiger partial charge in [0.2, 0.25) is 0 Å². The van der Waals surface area contributed by atoms with Crippen LogP contribution in [0.1, 0.15) is 40.8 Å². The summed E-state index contributed by atoms with van der Waals surface area (Å²) in [6.45, 7) is 1.66. The number of halogens is 1. The van der Waals surface area contributed by atoms with Gasteiger partial charge in [0.1, 0.15) is 5.78 Å². The summed E-state index contributed by atoms with van der Waals surface area (Å²) in [5.41, 5.74) is 4.60. The second kappa shape index (κ2) is 10.2. The highest BCUT2D eigenvalue weighted by Gasteiger charge is 2.40. The van der Waals surface area contributed by atoms with Crippen LogP contribution in [0.2, 0.25) is 5.02 Å². The number of carbonyl (C=O) groups excluding carboxylic acids is 1. The van der Waals surface area contributed by atoms with Gasteiger partial charge in [-0.15, -0.1) is 11.8 Å². The number of rotatable bonds is 8. The van der Waals surface area contributed by atoms with E-state index >= 15 is 0 Å². The van der Waals surface area contributed by atoms with Crippen molar-refractivity contribution in [1.82, 2.24) is 0 Å².